The number of nitrogens with zero attached hydrogens (tertiary/aromatic N) is 3. The Morgan fingerprint density at radius 3 is 2.65 bits per heavy atom. The lowest BCUT2D eigenvalue weighted by Crippen LogP contribution is -2.58. The molecule has 37 heavy (non-hydrogen) atoms. The van der Waals surface area contributed by atoms with Gasteiger partial charge in [0.15, 0.2) is 5.89 Å². The van der Waals surface area contributed by atoms with Crippen molar-refractivity contribution in [2.75, 3.05) is 26.4 Å². The van der Waals surface area contributed by atoms with Crippen LogP contribution in [0.4, 0.5) is 0 Å². The summed E-state index contributed by atoms with van der Waals surface area (Å²) in [6, 6.07) is 16.2. The summed E-state index contributed by atoms with van der Waals surface area (Å²) in [4.78, 5) is 22.1. The average molecular weight is 504 g/mol. The minimum absolute atomic E-state index is 0.00845. The third-order valence-corrected chi connectivity index (χ3v) is 7.28. The number of ether oxygens (including phenoxy) is 2. The molecule has 196 valence electrons. The van der Waals surface area contributed by atoms with Gasteiger partial charge in [0.25, 0.3) is 5.91 Å². The van der Waals surface area contributed by atoms with Crippen LogP contribution in [0.2, 0.25) is 0 Å². The van der Waals surface area contributed by atoms with E-state index in [1.807, 2.05) is 56.9 Å². The monoisotopic (exact) mass is 503 g/mol. The SMILES string of the molecule is Cc1cnc(C2CN(Cc3ccccc3)CC3(CCN(C(=O)c4ccc(OC(C)C)c(C)c4)CO3)C2)o1. The average Bonchev–Trinajstić information content (AvgIpc) is 3.32. The molecular formula is C30H37N3O4. The topological polar surface area (TPSA) is 68.0 Å². The summed E-state index contributed by atoms with van der Waals surface area (Å²) in [6.07, 6.45) is 3.49. The summed E-state index contributed by atoms with van der Waals surface area (Å²) < 4.78 is 18.3. The van der Waals surface area contributed by atoms with Crippen molar-refractivity contribution in [2.24, 2.45) is 0 Å². The maximum Gasteiger partial charge on any atom is 0.255 e. The van der Waals surface area contributed by atoms with Gasteiger partial charge in [-0.2, -0.15) is 0 Å². The Balaban J connectivity index is 1.29. The lowest BCUT2D eigenvalue weighted by molar-refractivity contribution is -0.159. The van der Waals surface area contributed by atoms with Crippen LogP contribution in [-0.4, -0.2) is 58.8 Å². The number of oxazole rings is 1. The maximum atomic E-state index is 13.3. The Bertz CT molecular complexity index is 1210. The molecule has 0 bridgehead atoms. The first-order valence-corrected chi connectivity index (χ1v) is 13.2. The van der Waals surface area contributed by atoms with E-state index in [9.17, 15) is 4.79 Å². The molecule has 0 N–H and O–H groups in total. The Labute approximate surface area is 219 Å². The van der Waals surface area contributed by atoms with Crippen molar-refractivity contribution in [1.29, 1.82) is 0 Å². The summed E-state index contributed by atoms with van der Waals surface area (Å²) in [6.45, 7) is 11.4. The number of aromatic nitrogens is 1. The number of amides is 1. The normalized spacial score (nSPS) is 22.5. The van der Waals surface area contributed by atoms with Crippen LogP contribution < -0.4 is 4.74 Å². The minimum Gasteiger partial charge on any atom is -0.491 e. The molecule has 2 saturated heterocycles. The zero-order valence-electron chi connectivity index (χ0n) is 22.3. The molecule has 7 nitrogen and oxygen atoms in total. The first-order valence-electron chi connectivity index (χ1n) is 13.2. The number of hydrogen-bond acceptors (Lipinski definition) is 6. The second-order valence-electron chi connectivity index (χ2n) is 10.8. The van der Waals surface area contributed by atoms with E-state index in [0.717, 1.165) is 55.4 Å². The lowest BCUT2D eigenvalue weighted by atomic mass is 9.81. The van der Waals surface area contributed by atoms with Gasteiger partial charge in [0.05, 0.1) is 23.8 Å². The number of hydrogen-bond donors (Lipinski definition) is 0. The summed E-state index contributed by atoms with van der Waals surface area (Å²) in [7, 11) is 0. The number of aryl methyl sites for hydroxylation is 2. The number of likely N-dealkylation sites (tertiary alicyclic amines) is 1. The second-order valence-corrected chi connectivity index (χ2v) is 10.8. The Kier molecular flexibility index (Phi) is 7.36. The molecule has 1 spiro atoms. The molecule has 2 atom stereocenters. The Morgan fingerprint density at radius 1 is 1.19 bits per heavy atom. The highest BCUT2D eigenvalue weighted by molar-refractivity contribution is 5.94. The predicted octanol–water partition coefficient (Wildman–Crippen LogP) is 5.33. The molecule has 2 aliphatic heterocycles. The molecule has 2 aromatic carbocycles. The van der Waals surface area contributed by atoms with E-state index in [4.69, 9.17) is 13.9 Å². The molecule has 2 unspecified atom stereocenters. The fraction of sp³-hybridized carbons (Fsp3) is 0.467. The number of benzene rings is 2. The van der Waals surface area contributed by atoms with E-state index < -0.39 is 0 Å². The smallest absolute Gasteiger partial charge is 0.255 e. The van der Waals surface area contributed by atoms with Gasteiger partial charge in [-0.05, 0) is 69.9 Å². The molecule has 3 heterocycles. The van der Waals surface area contributed by atoms with Crippen molar-refractivity contribution in [3.8, 4) is 5.75 Å². The van der Waals surface area contributed by atoms with Gasteiger partial charge in [-0.15, -0.1) is 0 Å². The van der Waals surface area contributed by atoms with Crippen molar-refractivity contribution >= 4 is 5.91 Å². The Morgan fingerprint density at radius 2 is 2.00 bits per heavy atom. The molecule has 0 radical (unpaired) electrons. The van der Waals surface area contributed by atoms with Crippen LogP contribution >= 0.6 is 0 Å². The standard InChI is InChI=1S/C30H37N3O4/c1-21(2)36-27-11-10-25(14-22(27)3)29(34)33-13-12-30(35-20-33)15-26(28-31-16-23(4)37-28)18-32(19-30)17-24-8-6-5-7-9-24/h5-11,14,16,21,26H,12-13,15,17-20H2,1-4H3. The van der Waals surface area contributed by atoms with Gasteiger partial charge in [0.1, 0.15) is 18.2 Å². The van der Waals surface area contributed by atoms with Crippen LogP contribution in [0.3, 0.4) is 0 Å². The fourth-order valence-electron chi connectivity index (χ4n) is 5.54. The summed E-state index contributed by atoms with van der Waals surface area (Å²) >= 11 is 0. The van der Waals surface area contributed by atoms with Crippen molar-refractivity contribution in [1.82, 2.24) is 14.8 Å². The molecule has 5 rings (SSSR count). The molecular weight excluding hydrogens is 466 g/mol. The molecule has 0 saturated carbocycles. The maximum absolute atomic E-state index is 13.3. The van der Waals surface area contributed by atoms with Gasteiger partial charge in [0.2, 0.25) is 0 Å². The van der Waals surface area contributed by atoms with Gasteiger partial charge in [-0.3, -0.25) is 9.69 Å². The predicted molar refractivity (Wildman–Crippen MR) is 142 cm³/mol. The molecule has 1 aromatic heterocycles. The van der Waals surface area contributed by atoms with Crippen LogP contribution in [-0.2, 0) is 11.3 Å². The van der Waals surface area contributed by atoms with Crippen LogP contribution in [0.5, 0.6) is 5.75 Å². The molecule has 2 fully saturated rings. The van der Waals surface area contributed by atoms with E-state index in [1.54, 1.807) is 6.20 Å². The van der Waals surface area contributed by atoms with E-state index in [-0.39, 0.29) is 30.3 Å². The molecule has 2 aliphatic rings. The first kappa shape index (κ1) is 25.5. The van der Waals surface area contributed by atoms with Crippen molar-refractivity contribution < 1.29 is 18.7 Å². The summed E-state index contributed by atoms with van der Waals surface area (Å²) in [5.41, 5.74) is 2.55. The Hall–Kier alpha value is -3.16. The van der Waals surface area contributed by atoms with Crippen molar-refractivity contribution in [3.05, 3.63) is 83.1 Å². The number of rotatable bonds is 6. The molecule has 3 aromatic rings. The van der Waals surface area contributed by atoms with Gasteiger partial charge in [0, 0.05) is 31.7 Å². The van der Waals surface area contributed by atoms with Crippen LogP contribution in [0, 0.1) is 13.8 Å². The summed E-state index contributed by atoms with van der Waals surface area (Å²) in [5.74, 6) is 2.55. The number of carbonyl (C=O) groups is 1. The van der Waals surface area contributed by atoms with Gasteiger partial charge >= 0.3 is 0 Å². The van der Waals surface area contributed by atoms with Crippen LogP contribution in [0.1, 0.15) is 65.7 Å². The highest BCUT2D eigenvalue weighted by Gasteiger charge is 2.45. The fourth-order valence-corrected chi connectivity index (χ4v) is 5.54. The molecule has 7 heteroatoms. The zero-order valence-corrected chi connectivity index (χ0v) is 22.3. The van der Waals surface area contributed by atoms with Gasteiger partial charge < -0.3 is 18.8 Å². The third-order valence-electron chi connectivity index (χ3n) is 7.28. The highest BCUT2D eigenvalue weighted by Crippen LogP contribution is 2.39. The van der Waals surface area contributed by atoms with Crippen LogP contribution in [0.25, 0.3) is 0 Å². The van der Waals surface area contributed by atoms with E-state index in [0.29, 0.717) is 12.1 Å². The van der Waals surface area contributed by atoms with Gasteiger partial charge in [-0.25, -0.2) is 4.98 Å². The second kappa shape index (κ2) is 10.7. The van der Waals surface area contributed by atoms with Crippen molar-refractivity contribution in [2.45, 2.75) is 64.7 Å². The summed E-state index contributed by atoms with van der Waals surface area (Å²) in [5, 5.41) is 0. The van der Waals surface area contributed by atoms with Gasteiger partial charge in [-0.1, -0.05) is 30.3 Å². The first-order chi connectivity index (χ1) is 17.8. The molecule has 0 aliphatic carbocycles. The van der Waals surface area contributed by atoms with E-state index in [2.05, 4.69) is 34.1 Å². The number of carbonyl (C=O) groups excluding carboxylic acids is 1. The van der Waals surface area contributed by atoms with E-state index in [1.165, 1.54) is 5.56 Å². The van der Waals surface area contributed by atoms with E-state index >= 15 is 0 Å². The molecule has 1 amide bonds. The minimum atomic E-state index is -0.346. The lowest BCUT2D eigenvalue weighted by Gasteiger charge is -2.49. The van der Waals surface area contributed by atoms with Crippen LogP contribution in [0.15, 0.2) is 59.1 Å². The largest absolute Gasteiger partial charge is 0.491 e. The number of piperidine rings is 1. The van der Waals surface area contributed by atoms with Crippen molar-refractivity contribution in [3.63, 3.8) is 0 Å². The zero-order chi connectivity index (χ0) is 26.0. The highest BCUT2D eigenvalue weighted by atomic mass is 16.5. The quantitative estimate of drug-likeness (QED) is 0.453. The third kappa shape index (κ3) is 5.89.